The lowest BCUT2D eigenvalue weighted by atomic mass is 10.2. The molecule has 1 aromatic heterocycles. The van der Waals surface area contributed by atoms with Crippen molar-refractivity contribution in [3.05, 3.63) is 58.9 Å². The van der Waals surface area contributed by atoms with Gasteiger partial charge in [-0.05, 0) is 37.3 Å². The Morgan fingerprint density at radius 3 is 2.55 bits per heavy atom. The van der Waals surface area contributed by atoms with Crippen molar-refractivity contribution >= 4 is 50.9 Å². The fourth-order valence-corrected chi connectivity index (χ4v) is 4.42. The van der Waals surface area contributed by atoms with Crippen LogP contribution in [0.5, 0.6) is 0 Å². The molecule has 1 aliphatic heterocycles. The van der Waals surface area contributed by atoms with E-state index in [1.54, 1.807) is 29.7 Å². The summed E-state index contributed by atoms with van der Waals surface area (Å²) in [7, 11) is 0. The molecular formula is C22H19N3O5S. The number of para-hydroxylation sites is 1. The predicted octanol–water partition coefficient (Wildman–Crippen LogP) is 2.66. The van der Waals surface area contributed by atoms with Gasteiger partial charge in [-0.2, -0.15) is 4.99 Å². The second-order valence-corrected chi connectivity index (χ2v) is 7.84. The number of hydrogen-bond acceptors (Lipinski definition) is 6. The standard InChI is InChI=1S/C22H19N3O5S/c1-2-30-20(28)13-24-16-8-3-4-9-17(16)31-22(24)23-21(29)14-6-5-7-15(12-14)25-18(26)10-11-19(25)27/h3-9,12H,2,10-11,13H2,1H3. The van der Waals surface area contributed by atoms with Crippen LogP contribution in [0, 0.1) is 0 Å². The highest BCUT2D eigenvalue weighted by atomic mass is 32.1. The number of anilines is 1. The Morgan fingerprint density at radius 2 is 1.81 bits per heavy atom. The minimum atomic E-state index is -0.537. The Labute approximate surface area is 181 Å². The van der Waals surface area contributed by atoms with E-state index in [1.807, 2.05) is 24.3 Å². The third kappa shape index (κ3) is 4.17. The largest absolute Gasteiger partial charge is 0.465 e. The van der Waals surface area contributed by atoms with Crippen LogP contribution in [0.15, 0.2) is 53.5 Å². The first-order chi connectivity index (χ1) is 15.0. The Hall–Kier alpha value is -3.59. The van der Waals surface area contributed by atoms with Gasteiger partial charge in [-0.3, -0.25) is 24.1 Å². The third-order valence-electron chi connectivity index (χ3n) is 4.78. The highest BCUT2D eigenvalue weighted by Gasteiger charge is 2.30. The van der Waals surface area contributed by atoms with Crippen LogP contribution in [0.2, 0.25) is 0 Å². The Morgan fingerprint density at radius 1 is 1.06 bits per heavy atom. The van der Waals surface area contributed by atoms with E-state index in [9.17, 15) is 19.2 Å². The summed E-state index contributed by atoms with van der Waals surface area (Å²) in [4.78, 5) is 54.7. The molecule has 1 fully saturated rings. The molecule has 2 aromatic carbocycles. The molecule has 0 atom stereocenters. The maximum atomic E-state index is 12.9. The van der Waals surface area contributed by atoms with Gasteiger partial charge >= 0.3 is 5.97 Å². The van der Waals surface area contributed by atoms with Gasteiger partial charge in [-0.1, -0.05) is 29.5 Å². The molecule has 9 heteroatoms. The first kappa shape index (κ1) is 20.7. The van der Waals surface area contributed by atoms with Crippen molar-refractivity contribution in [1.29, 1.82) is 0 Å². The number of carbonyl (C=O) groups is 4. The normalized spacial score (nSPS) is 14.5. The van der Waals surface area contributed by atoms with Crippen LogP contribution in [0.3, 0.4) is 0 Å². The molecular weight excluding hydrogens is 418 g/mol. The zero-order valence-corrected chi connectivity index (χ0v) is 17.6. The number of rotatable bonds is 5. The fraction of sp³-hybridized carbons (Fsp3) is 0.227. The van der Waals surface area contributed by atoms with Gasteiger partial charge in [0.05, 0.1) is 22.5 Å². The maximum absolute atomic E-state index is 12.9. The van der Waals surface area contributed by atoms with E-state index < -0.39 is 11.9 Å². The Kier molecular flexibility index (Phi) is 5.77. The number of thiazole rings is 1. The molecule has 3 amide bonds. The van der Waals surface area contributed by atoms with Gasteiger partial charge in [-0.15, -0.1) is 0 Å². The van der Waals surface area contributed by atoms with Crippen LogP contribution < -0.4 is 9.70 Å². The van der Waals surface area contributed by atoms with Gasteiger partial charge < -0.3 is 9.30 Å². The number of imide groups is 1. The minimum Gasteiger partial charge on any atom is -0.465 e. The monoisotopic (exact) mass is 437 g/mol. The SMILES string of the molecule is CCOC(=O)Cn1c(=NC(=O)c2cccc(N3C(=O)CCC3=O)c2)sc2ccccc21. The van der Waals surface area contributed by atoms with Crippen molar-refractivity contribution in [1.82, 2.24) is 4.57 Å². The molecule has 0 N–H and O–H groups in total. The highest BCUT2D eigenvalue weighted by molar-refractivity contribution is 7.16. The average Bonchev–Trinajstić information content (AvgIpc) is 3.27. The predicted molar refractivity (Wildman–Crippen MR) is 115 cm³/mol. The molecule has 4 rings (SSSR count). The topological polar surface area (TPSA) is 98.0 Å². The molecule has 0 spiro atoms. The lowest BCUT2D eigenvalue weighted by molar-refractivity contribution is -0.143. The Balaban J connectivity index is 1.73. The second kappa shape index (κ2) is 8.65. The van der Waals surface area contributed by atoms with E-state index in [-0.39, 0.29) is 43.4 Å². The highest BCUT2D eigenvalue weighted by Crippen LogP contribution is 2.24. The molecule has 3 aromatic rings. The van der Waals surface area contributed by atoms with E-state index >= 15 is 0 Å². The maximum Gasteiger partial charge on any atom is 0.326 e. The number of benzene rings is 2. The number of aromatic nitrogens is 1. The molecule has 0 saturated carbocycles. The van der Waals surface area contributed by atoms with Gasteiger partial charge in [-0.25, -0.2) is 0 Å². The zero-order chi connectivity index (χ0) is 22.0. The first-order valence-corrected chi connectivity index (χ1v) is 10.6. The molecule has 0 unspecified atom stereocenters. The van der Waals surface area contributed by atoms with Crippen molar-refractivity contribution in [2.24, 2.45) is 4.99 Å². The van der Waals surface area contributed by atoms with Crippen LogP contribution in [0.1, 0.15) is 30.1 Å². The van der Waals surface area contributed by atoms with Gasteiger partial charge in [0.15, 0.2) is 4.80 Å². The molecule has 2 heterocycles. The number of amides is 3. The van der Waals surface area contributed by atoms with Crippen LogP contribution >= 0.6 is 11.3 Å². The lowest BCUT2D eigenvalue weighted by Crippen LogP contribution is -2.28. The molecule has 1 aliphatic rings. The summed E-state index contributed by atoms with van der Waals surface area (Å²) >= 11 is 1.29. The van der Waals surface area contributed by atoms with Crippen LogP contribution in [-0.2, 0) is 25.7 Å². The van der Waals surface area contributed by atoms with Gasteiger partial charge in [0.2, 0.25) is 11.8 Å². The van der Waals surface area contributed by atoms with Crippen molar-refractivity contribution in [3.8, 4) is 0 Å². The first-order valence-electron chi connectivity index (χ1n) is 9.77. The van der Waals surface area contributed by atoms with Crippen LogP contribution in [0.4, 0.5) is 5.69 Å². The summed E-state index contributed by atoms with van der Waals surface area (Å²) in [5, 5.41) is 0. The number of esters is 1. The zero-order valence-electron chi connectivity index (χ0n) is 16.7. The van der Waals surface area contributed by atoms with Crippen LogP contribution in [0.25, 0.3) is 10.2 Å². The average molecular weight is 437 g/mol. The quantitative estimate of drug-likeness (QED) is 0.452. The van der Waals surface area contributed by atoms with E-state index in [2.05, 4.69) is 4.99 Å². The molecule has 0 bridgehead atoms. The molecule has 0 radical (unpaired) electrons. The summed E-state index contributed by atoms with van der Waals surface area (Å²) in [6.45, 7) is 1.92. The smallest absolute Gasteiger partial charge is 0.326 e. The summed E-state index contributed by atoms with van der Waals surface area (Å²) in [6, 6.07) is 13.7. The van der Waals surface area contributed by atoms with Crippen molar-refractivity contribution < 1.29 is 23.9 Å². The van der Waals surface area contributed by atoms with Crippen LogP contribution in [-0.4, -0.2) is 34.9 Å². The lowest BCUT2D eigenvalue weighted by Gasteiger charge is -2.14. The van der Waals surface area contributed by atoms with Crippen molar-refractivity contribution in [2.75, 3.05) is 11.5 Å². The summed E-state index contributed by atoms with van der Waals surface area (Å²) in [5.74, 6) is -1.54. The summed E-state index contributed by atoms with van der Waals surface area (Å²) in [5.41, 5.74) is 1.36. The van der Waals surface area contributed by atoms with Gasteiger partial charge in [0.25, 0.3) is 5.91 Å². The number of ether oxygens (including phenoxy) is 1. The van der Waals surface area contributed by atoms with Gasteiger partial charge in [0.1, 0.15) is 6.54 Å². The van der Waals surface area contributed by atoms with E-state index in [4.69, 9.17) is 4.74 Å². The second-order valence-electron chi connectivity index (χ2n) is 6.83. The molecule has 0 aliphatic carbocycles. The van der Waals surface area contributed by atoms with Gasteiger partial charge in [0, 0.05) is 18.4 Å². The Bertz CT molecular complexity index is 1260. The molecule has 1 saturated heterocycles. The van der Waals surface area contributed by atoms with E-state index in [1.165, 1.54) is 17.4 Å². The summed E-state index contributed by atoms with van der Waals surface area (Å²) < 4.78 is 7.57. The third-order valence-corrected chi connectivity index (χ3v) is 5.84. The number of fused-ring (bicyclic) bond motifs is 1. The number of carbonyl (C=O) groups excluding carboxylic acids is 4. The number of nitrogens with zero attached hydrogens (tertiary/aromatic N) is 3. The number of hydrogen-bond donors (Lipinski definition) is 0. The fourth-order valence-electron chi connectivity index (χ4n) is 3.39. The van der Waals surface area contributed by atoms with E-state index in [0.717, 1.165) is 15.1 Å². The molecule has 158 valence electrons. The minimum absolute atomic E-state index is 0.0687. The molecule has 8 nitrogen and oxygen atoms in total. The van der Waals surface area contributed by atoms with Crippen molar-refractivity contribution in [2.45, 2.75) is 26.3 Å². The molecule has 31 heavy (non-hydrogen) atoms. The van der Waals surface area contributed by atoms with Crippen molar-refractivity contribution in [3.63, 3.8) is 0 Å². The van der Waals surface area contributed by atoms with E-state index in [0.29, 0.717) is 10.5 Å². The summed E-state index contributed by atoms with van der Waals surface area (Å²) in [6.07, 6.45) is 0.327.